The molecule has 1 aliphatic heterocycles. The smallest absolute Gasteiger partial charge is 0.119 e. The SMILES string of the molecule is Cc1n[nH]c(C)c1C1CCCN1CC(O)COc1ccccc1. The molecular formula is C18H25N3O2. The van der Waals surface area contributed by atoms with E-state index in [1.54, 1.807) is 0 Å². The Hall–Kier alpha value is -1.85. The van der Waals surface area contributed by atoms with Crippen LogP contribution in [0.1, 0.15) is 35.8 Å². The number of aryl methyl sites for hydroxylation is 2. The second-order valence-corrected chi connectivity index (χ2v) is 6.28. The Morgan fingerprint density at radius 1 is 1.35 bits per heavy atom. The molecule has 1 aromatic heterocycles. The van der Waals surface area contributed by atoms with E-state index < -0.39 is 6.10 Å². The maximum atomic E-state index is 10.3. The molecule has 0 spiro atoms. The maximum absolute atomic E-state index is 10.3. The number of aliphatic hydroxyl groups excluding tert-OH is 1. The van der Waals surface area contributed by atoms with Gasteiger partial charge in [0, 0.05) is 23.8 Å². The van der Waals surface area contributed by atoms with Crippen molar-refractivity contribution in [1.82, 2.24) is 15.1 Å². The first-order valence-electron chi connectivity index (χ1n) is 8.26. The molecule has 2 atom stereocenters. The van der Waals surface area contributed by atoms with Crippen molar-refractivity contribution in [1.29, 1.82) is 0 Å². The molecule has 2 unspecified atom stereocenters. The van der Waals surface area contributed by atoms with Crippen LogP contribution in [0.4, 0.5) is 0 Å². The van der Waals surface area contributed by atoms with Gasteiger partial charge < -0.3 is 9.84 Å². The lowest BCUT2D eigenvalue weighted by atomic mass is 10.0. The fraction of sp³-hybridized carbons (Fsp3) is 0.500. The average molecular weight is 315 g/mol. The molecule has 0 saturated carbocycles. The van der Waals surface area contributed by atoms with E-state index in [0.717, 1.165) is 36.5 Å². The summed E-state index contributed by atoms with van der Waals surface area (Å²) in [6.07, 6.45) is 1.78. The zero-order valence-electron chi connectivity index (χ0n) is 13.8. The van der Waals surface area contributed by atoms with Crippen molar-refractivity contribution in [2.45, 2.75) is 38.8 Å². The van der Waals surface area contributed by atoms with Gasteiger partial charge in [-0.15, -0.1) is 0 Å². The third-order valence-electron chi connectivity index (χ3n) is 4.51. The van der Waals surface area contributed by atoms with Crippen molar-refractivity contribution < 1.29 is 9.84 Å². The minimum atomic E-state index is -0.497. The molecule has 124 valence electrons. The molecule has 2 N–H and O–H groups in total. The Kier molecular flexibility index (Phi) is 4.98. The number of H-pyrrole nitrogens is 1. The van der Waals surface area contributed by atoms with E-state index in [9.17, 15) is 5.11 Å². The van der Waals surface area contributed by atoms with E-state index >= 15 is 0 Å². The number of aromatic nitrogens is 2. The highest BCUT2D eigenvalue weighted by molar-refractivity contribution is 5.28. The second-order valence-electron chi connectivity index (χ2n) is 6.28. The highest BCUT2D eigenvalue weighted by Gasteiger charge is 2.30. The van der Waals surface area contributed by atoms with Crippen LogP contribution in [0.15, 0.2) is 30.3 Å². The van der Waals surface area contributed by atoms with Crippen LogP contribution < -0.4 is 4.74 Å². The number of likely N-dealkylation sites (tertiary alicyclic amines) is 1. The number of ether oxygens (including phenoxy) is 1. The highest BCUT2D eigenvalue weighted by Crippen LogP contribution is 2.34. The molecule has 0 aliphatic carbocycles. The number of para-hydroxylation sites is 1. The Labute approximate surface area is 137 Å². The molecule has 0 radical (unpaired) electrons. The monoisotopic (exact) mass is 315 g/mol. The number of aliphatic hydroxyl groups is 1. The van der Waals surface area contributed by atoms with E-state index in [2.05, 4.69) is 22.0 Å². The average Bonchev–Trinajstić information content (AvgIpc) is 3.12. The zero-order chi connectivity index (χ0) is 16.2. The van der Waals surface area contributed by atoms with Crippen LogP contribution in [0.25, 0.3) is 0 Å². The molecule has 1 saturated heterocycles. The van der Waals surface area contributed by atoms with Gasteiger partial charge in [0.05, 0.1) is 5.69 Å². The normalized spacial score (nSPS) is 19.9. The van der Waals surface area contributed by atoms with Crippen molar-refractivity contribution in [3.8, 4) is 5.75 Å². The standard InChI is InChI=1S/C18H25N3O2/c1-13-18(14(2)20-19-13)17-9-6-10-21(17)11-15(22)12-23-16-7-4-3-5-8-16/h3-5,7-8,15,17,22H,6,9-12H2,1-2H3,(H,19,20). The zero-order valence-corrected chi connectivity index (χ0v) is 13.8. The van der Waals surface area contributed by atoms with E-state index in [1.807, 2.05) is 37.3 Å². The van der Waals surface area contributed by atoms with Gasteiger partial charge in [-0.2, -0.15) is 5.10 Å². The van der Waals surface area contributed by atoms with E-state index in [0.29, 0.717) is 19.2 Å². The fourth-order valence-corrected chi connectivity index (χ4v) is 3.45. The Balaban J connectivity index is 1.58. The molecule has 0 bridgehead atoms. The van der Waals surface area contributed by atoms with E-state index in [1.165, 1.54) is 5.56 Å². The first-order valence-corrected chi connectivity index (χ1v) is 8.26. The quantitative estimate of drug-likeness (QED) is 0.860. The van der Waals surface area contributed by atoms with Gasteiger partial charge in [0.2, 0.25) is 0 Å². The summed E-state index contributed by atoms with van der Waals surface area (Å²) in [6.45, 7) is 6.07. The molecule has 3 rings (SSSR count). The van der Waals surface area contributed by atoms with Gasteiger partial charge in [0.25, 0.3) is 0 Å². The van der Waals surface area contributed by atoms with Crippen LogP contribution in [-0.4, -0.2) is 46.0 Å². The third kappa shape index (κ3) is 3.74. The molecule has 2 heterocycles. The van der Waals surface area contributed by atoms with Crippen molar-refractivity contribution in [2.75, 3.05) is 19.7 Å². The molecule has 5 nitrogen and oxygen atoms in total. The molecular weight excluding hydrogens is 290 g/mol. The predicted molar refractivity (Wildman–Crippen MR) is 89.6 cm³/mol. The summed E-state index contributed by atoms with van der Waals surface area (Å²) in [5.74, 6) is 0.797. The summed E-state index contributed by atoms with van der Waals surface area (Å²) in [4.78, 5) is 2.35. The number of aromatic amines is 1. The molecule has 2 aromatic rings. The predicted octanol–water partition coefficient (Wildman–Crippen LogP) is 2.60. The lowest BCUT2D eigenvalue weighted by Gasteiger charge is -2.27. The number of benzene rings is 1. The lowest BCUT2D eigenvalue weighted by Crippen LogP contribution is -2.35. The Morgan fingerprint density at radius 2 is 2.13 bits per heavy atom. The number of rotatable bonds is 6. The third-order valence-corrected chi connectivity index (χ3v) is 4.51. The van der Waals surface area contributed by atoms with Gasteiger partial charge in [0.1, 0.15) is 18.5 Å². The fourth-order valence-electron chi connectivity index (χ4n) is 3.45. The first-order chi connectivity index (χ1) is 11.1. The van der Waals surface area contributed by atoms with Gasteiger partial charge in [0.15, 0.2) is 0 Å². The van der Waals surface area contributed by atoms with Crippen LogP contribution in [0, 0.1) is 13.8 Å². The first kappa shape index (κ1) is 16.0. The van der Waals surface area contributed by atoms with Crippen molar-refractivity contribution in [3.63, 3.8) is 0 Å². The van der Waals surface area contributed by atoms with Gasteiger partial charge >= 0.3 is 0 Å². The number of hydrogen-bond donors (Lipinski definition) is 2. The Morgan fingerprint density at radius 3 is 2.83 bits per heavy atom. The van der Waals surface area contributed by atoms with Crippen LogP contribution in [0.3, 0.4) is 0 Å². The largest absolute Gasteiger partial charge is 0.491 e. The molecule has 1 aromatic carbocycles. The molecule has 23 heavy (non-hydrogen) atoms. The summed E-state index contributed by atoms with van der Waals surface area (Å²) in [5, 5.41) is 17.7. The lowest BCUT2D eigenvalue weighted by molar-refractivity contribution is 0.0637. The number of β-amino-alcohol motifs (C(OH)–C–C–N with tert-alkyl or cyclic N) is 1. The second kappa shape index (κ2) is 7.15. The molecule has 1 aliphatic rings. The summed E-state index contributed by atoms with van der Waals surface area (Å²) >= 11 is 0. The summed E-state index contributed by atoms with van der Waals surface area (Å²) in [7, 11) is 0. The summed E-state index contributed by atoms with van der Waals surface area (Å²) in [6, 6.07) is 9.98. The van der Waals surface area contributed by atoms with Gasteiger partial charge in [-0.3, -0.25) is 10.00 Å². The maximum Gasteiger partial charge on any atom is 0.119 e. The highest BCUT2D eigenvalue weighted by atomic mass is 16.5. The van der Waals surface area contributed by atoms with E-state index in [4.69, 9.17) is 4.74 Å². The van der Waals surface area contributed by atoms with Crippen LogP contribution in [0.5, 0.6) is 5.75 Å². The minimum Gasteiger partial charge on any atom is -0.491 e. The van der Waals surface area contributed by atoms with Gasteiger partial charge in [-0.1, -0.05) is 18.2 Å². The van der Waals surface area contributed by atoms with Crippen molar-refractivity contribution >= 4 is 0 Å². The van der Waals surface area contributed by atoms with Gasteiger partial charge in [-0.05, 0) is 45.4 Å². The Bertz CT molecular complexity index is 607. The van der Waals surface area contributed by atoms with Crippen LogP contribution >= 0.6 is 0 Å². The minimum absolute atomic E-state index is 0.316. The van der Waals surface area contributed by atoms with Crippen LogP contribution in [-0.2, 0) is 0 Å². The number of nitrogens with one attached hydrogen (secondary N) is 1. The topological polar surface area (TPSA) is 61.4 Å². The number of nitrogens with zero attached hydrogens (tertiary/aromatic N) is 2. The molecule has 5 heteroatoms. The molecule has 1 fully saturated rings. The summed E-state index contributed by atoms with van der Waals surface area (Å²) < 4.78 is 5.66. The molecule has 0 amide bonds. The van der Waals surface area contributed by atoms with Crippen molar-refractivity contribution in [3.05, 3.63) is 47.3 Å². The summed E-state index contributed by atoms with van der Waals surface area (Å²) in [5.41, 5.74) is 3.49. The van der Waals surface area contributed by atoms with Gasteiger partial charge in [-0.25, -0.2) is 0 Å². The van der Waals surface area contributed by atoms with Crippen molar-refractivity contribution in [2.24, 2.45) is 0 Å². The van der Waals surface area contributed by atoms with Crippen LogP contribution in [0.2, 0.25) is 0 Å². The number of hydrogen-bond acceptors (Lipinski definition) is 4. The van der Waals surface area contributed by atoms with E-state index in [-0.39, 0.29) is 0 Å².